The summed E-state index contributed by atoms with van der Waals surface area (Å²) < 4.78 is 0. The van der Waals surface area contributed by atoms with E-state index in [0.29, 0.717) is 6.42 Å². The van der Waals surface area contributed by atoms with Crippen LogP contribution in [0.2, 0.25) is 0 Å². The molecule has 0 N–H and O–H groups in total. The monoisotopic (exact) mass is 127 g/mol. The van der Waals surface area contributed by atoms with E-state index in [2.05, 4.69) is 6.58 Å². The molecule has 0 unspecified atom stereocenters. The van der Waals surface area contributed by atoms with E-state index in [4.69, 9.17) is 4.84 Å². The van der Waals surface area contributed by atoms with Gasteiger partial charge >= 0.3 is 5.97 Å². The van der Waals surface area contributed by atoms with Crippen molar-refractivity contribution in [3.63, 3.8) is 0 Å². The molecule has 0 bridgehead atoms. The van der Waals surface area contributed by atoms with Gasteiger partial charge in [0.05, 0.1) is 6.54 Å². The zero-order chi connectivity index (χ0) is 6.69. The smallest absolute Gasteiger partial charge is 0.332 e. The lowest BCUT2D eigenvalue weighted by Crippen LogP contribution is -2.28. The fourth-order valence-electron chi connectivity index (χ4n) is 0.730. The molecule has 3 nitrogen and oxygen atoms in total. The molecule has 0 radical (unpaired) electrons. The Hall–Kier alpha value is -0.990. The van der Waals surface area contributed by atoms with Crippen molar-refractivity contribution in [2.75, 3.05) is 6.54 Å². The molecule has 1 rings (SSSR count). The second-order valence-corrected chi connectivity index (χ2v) is 1.89. The molecular weight excluding hydrogens is 118 g/mol. The van der Waals surface area contributed by atoms with Crippen LogP contribution in [0.4, 0.5) is 0 Å². The molecule has 0 spiro atoms. The summed E-state index contributed by atoms with van der Waals surface area (Å²) in [5.41, 5.74) is 0. The van der Waals surface area contributed by atoms with Crippen molar-refractivity contribution in [1.29, 1.82) is 0 Å². The maximum Gasteiger partial charge on any atom is 0.332 e. The van der Waals surface area contributed by atoms with Crippen molar-refractivity contribution in [1.82, 2.24) is 5.06 Å². The van der Waals surface area contributed by atoms with Crippen LogP contribution in [0.25, 0.3) is 0 Å². The van der Waals surface area contributed by atoms with Gasteiger partial charge in [-0.1, -0.05) is 6.58 Å². The lowest BCUT2D eigenvalue weighted by molar-refractivity contribution is -0.186. The predicted molar refractivity (Wildman–Crippen MR) is 32.2 cm³/mol. The molecule has 0 aromatic rings. The molecule has 0 atom stereocenters. The number of rotatable bonds is 1. The van der Waals surface area contributed by atoms with Gasteiger partial charge < -0.3 is 4.84 Å². The van der Waals surface area contributed by atoms with Gasteiger partial charge in [0, 0.05) is 12.6 Å². The van der Waals surface area contributed by atoms with Crippen molar-refractivity contribution < 1.29 is 9.63 Å². The minimum absolute atomic E-state index is 0.166. The highest BCUT2D eigenvalue weighted by molar-refractivity contribution is 5.69. The molecule has 0 aromatic heterocycles. The number of nitrogens with zero attached hydrogens (tertiary/aromatic N) is 1. The largest absolute Gasteiger partial charge is 0.341 e. The second kappa shape index (κ2) is 2.53. The van der Waals surface area contributed by atoms with Crippen LogP contribution in [0.15, 0.2) is 12.8 Å². The normalized spacial score (nSPS) is 19.1. The highest BCUT2D eigenvalue weighted by Crippen LogP contribution is 2.06. The van der Waals surface area contributed by atoms with Gasteiger partial charge in [-0.15, -0.1) is 0 Å². The summed E-state index contributed by atoms with van der Waals surface area (Å²) in [6.45, 7) is 4.24. The Kier molecular flexibility index (Phi) is 1.72. The van der Waals surface area contributed by atoms with Gasteiger partial charge in [-0.3, -0.25) is 0 Å². The molecule has 1 saturated heterocycles. The number of carbonyl (C=O) groups excluding carboxylic acids is 1. The first-order valence-electron chi connectivity index (χ1n) is 2.93. The number of hydrogen-bond acceptors (Lipinski definition) is 3. The second-order valence-electron chi connectivity index (χ2n) is 1.89. The van der Waals surface area contributed by atoms with E-state index in [1.165, 1.54) is 11.3 Å². The Bertz CT molecular complexity index is 133. The summed E-state index contributed by atoms with van der Waals surface area (Å²) in [5.74, 6) is -0.166. The van der Waals surface area contributed by atoms with E-state index in [-0.39, 0.29) is 5.97 Å². The Morgan fingerprint density at radius 3 is 3.00 bits per heavy atom. The van der Waals surface area contributed by atoms with E-state index >= 15 is 0 Å². The van der Waals surface area contributed by atoms with Crippen LogP contribution in [0.5, 0.6) is 0 Å². The third-order valence-corrected chi connectivity index (χ3v) is 1.18. The SMILES string of the molecule is C=CN1CCCC(=O)O1. The molecule has 1 fully saturated rings. The fraction of sp³-hybridized carbons (Fsp3) is 0.500. The van der Waals surface area contributed by atoms with Crippen molar-refractivity contribution in [3.05, 3.63) is 12.8 Å². The minimum atomic E-state index is -0.166. The van der Waals surface area contributed by atoms with Crippen LogP contribution in [0, 0.1) is 0 Å². The predicted octanol–water partition coefficient (Wildman–Crippen LogP) is 0.684. The van der Waals surface area contributed by atoms with Crippen LogP contribution in [-0.2, 0) is 9.63 Å². The van der Waals surface area contributed by atoms with Gasteiger partial charge in [0.15, 0.2) is 0 Å². The highest BCUT2D eigenvalue weighted by Gasteiger charge is 2.13. The maximum atomic E-state index is 10.5. The van der Waals surface area contributed by atoms with Gasteiger partial charge in [-0.2, -0.15) is 0 Å². The van der Waals surface area contributed by atoms with Crippen molar-refractivity contribution in [2.24, 2.45) is 0 Å². The standard InChI is InChI=1S/C6H9NO2/c1-2-7-5-3-4-6(8)9-7/h2H,1,3-5H2. The Balaban J connectivity index is 2.40. The summed E-state index contributed by atoms with van der Waals surface area (Å²) >= 11 is 0. The van der Waals surface area contributed by atoms with Crippen molar-refractivity contribution in [3.8, 4) is 0 Å². The third-order valence-electron chi connectivity index (χ3n) is 1.18. The van der Waals surface area contributed by atoms with Crippen LogP contribution in [-0.4, -0.2) is 17.6 Å². The summed E-state index contributed by atoms with van der Waals surface area (Å²) in [6.07, 6.45) is 2.91. The Morgan fingerprint density at radius 2 is 2.56 bits per heavy atom. The van der Waals surface area contributed by atoms with E-state index in [9.17, 15) is 4.79 Å². The van der Waals surface area contributed by atoms with Gasteiger partial charge in [0.1, 0.15) is 0 Å². The van der Waals surface area contributed by atoms with E-state index in [0.717, 1.165) is 13.0 Å². The summed E-state index contributed by atoms with van der Waals surface area (Å²) in [6, 6.07) is 0. The zero-order valence-electron chi connectivity index (χ0n) is 5.17. The van der Waals surface area contributed by atoms with Gasteiger partial charge in [-0.05, 0) is 6.42 Å². The lowest BCUT2D eigenvalue weighted by atomic mass is 10.3. The molecule has 0 amide bonds. The number of hydrogen-bond donors (Lipinski definition) is 0. The Morgan fingerprint density at radius 1 is 1.78 bits per heavy atom. The maximum absolute atomic E-state index is 10.5. The fourth-order valence-corrected chi connectivity index (χ4v) is 0.730. The minimum Gasteiger partial charge on any atom is -0.341 e. The molecule has 0 saturated carbocycles. The topological polar surface area (TPSA) is 29.5 Å². The van der Waals surface area contributed by atoms with E-state index in [1.807, 2.05) is 0 Å². The highest BCUT2D eigenvalue weighted by atomic mass is 16.7. The molecule has 0 aliphatic carbocycles. The van der Waals surface area contributed by atoms with Crippen molar-refractivity contribution in [2.45, 2.75) is 12.8 Å². The summed E-state index contributed by atoms with van der Waals surface area (Å²) in [5, 5.41) is 1.45. The first-order valence-corrected chi connectivity index (χ1v) is 2.93. The van der Waals surface area contributed by atoms with E-state index < -0.39 is 0 Å². The van der Waals surface area contributed by atoms with Crippen LogP contribution < -0.4 is 0 Å². The molecule has 3 heteroatoms. The van der Waals surface area contributed by atoms with Gasteiger partial charge in [0.2, 0.25) is 0 Å². The molecule has 0 aromatic carbocycles. The third kappa shape index (κ3) is 1.45. The molecule has 50 valence electrons. The first-order chi connectivity index (χ1) is 4.33. The summed E-state index contributed by atoms with van der Waals surface area (Å²) in [7, 11) is 0. The van der Waals surface area contributed by atoms with Crippen LogP contribution in [0.1, 0.15) is 12.8 Å². The molecule has 1 aliphatic heterocycles. The van der Waals surface area contributed by atoms with E-state index in [1.54, 1.807) is 0 Å². The number of carbonyl (C=O) groups is 1. The average molecular weight is 127 g/mol. The summed E-state index contributed by atoms with van der Waals surface area (Å²) in [4.78, 5) is 15.2. The molecule has 9 heavy (non-hydrogen) atoms. The van der Waals surface area contributed by atoms with Crippen molar-refractivity contribution >= 4 is 5.97 Å². The average Bonchev–Trinajstić information content (AvgIpc) is 1.88. The molecule has 1 heterocycles. The molecule has 1 aliphatic rings. The zero-order valence-corrected chi connectivity index (χ0v) is 5.17. The van der Waals surface area contributed by atoms with Crippen LogP contribution in [0.3, 0.4) is 0 Å². The quantitative estimate of drug-likeness (QED) is 0.519. The lowest BCUT2D eigenvalue weighted by Gasteiger charge is -2.22. The number of hydroxylamine groups is 2. The molecular formula is C6H9NO2. The van der Waals surface area contributed by atoms with Crippen LogP contribution >= 0.6 is 0 Å². The van der Waals surface area contributed by atoms with Gasteiger partial charge in [0.25, 0.3) is 0 Å². The van der Waals surface area contributed by atoms with Gasteiger partial charge in [-0.25, -0.2) is 9.86 Å². The first kappa shape index (κ1) is 6.13. The Labute approximate surface area is 53.9 Å².